The molecule has 0 radical (unpaired) electrons. The molecule has 0 unspecified atom stereocenters. The predicted molar refractivity (Wildman–Crippen MR) is 75.6 cm³/mol. The Morgan fingerprint density at radius 3 is 2.85 bits per heavy atom. The summed E-state index contributed by atoms with van der Waals surface area (Å²) in [6, 6.07) is 8.58. The molecular formula is C15H14ClFN2O. The van der Waals surface area contributed by atoms with Gasteiger partial charge < -0.3 is 10.1 Å². The Kier molecular flexibility index (Phi) is 3.85. The van der Waals surface area contributed by atoms with Crippen LogP contribution in [0, 0.1) is 5.82 Å². The minimum Gasteiger partial charge on any atom is -0.434 e. The lowest BCUT2D eigenvalue weighted by Crippen LogP contribution is -2.15. The summed E-state index contributed by atoms with van der Waals surface area (Å²) >= 11 is 6.12. The summed E-state index contributed by atoms with van der Waals surface area (Å²) < 4.78 is 18.9. The van der Waals surface area contributed by atoms with Gasteiger partial charge in [0.05, 0.1) is 0 Å². The zero-order valence-corrected chi connectivity index (χ0v) is 11.5. The molecular weight excluding hydrogens is 279 g/mol. The molecule has 3 rings (SSSR count). The molecule has 1 aromatic carbocycles. The molecule has 0 saturated heterocycles. The van der Waals surface area contributed by atoms with Crippen LogP contribution in [0.2, 0.25) is 5.02 Å². The van der Waals surface area contributed by atoms with Gasteiger partial charge in [-0.3, -0.25) is 0 Å². The maximum Gasteiger partial charge on any atom is 0.238 e. The van der Waals surface area contributed by atoms with Crippen LogP contribution in [0.25, 0.3) is 0 Å². The maximum absolute atomic E-state index is 13.5. The van der Waals surface area contributed by atoms with Gasteiger partial charge in [-0.25, -0.2) is 9.37 Å². The predicted octanol–water partition coefficient (Wildman–Crippen LogP) is 3.92. The van der Waals surface area contributed by atoms with Gasteiger partial charge in [0, 0.05) is 18.8 Å². The zero-order valence-electron chi connectivity index (χ0n) is 10.8. The van der Waals surface area contributed by atoms with Crippen molar-refractivity contribution in [1.82, 2.24) is 10.3 Å². The number of pyridine rings is 1. The van der Waals surface area contributed by atoms with Crippen LogP contribution in [0.1, 0.15) is 18.4 Å². The van der Waals surface area contributed by atoms with E-state index in [0.29, 0.717) is 11.1 Å². The molecule has 1 heterocycles. The van der Waals surface area contributed by atoms with Crippen molar-refractivity contribution >= 4 is 11.6 Å². The highest BCUT2D eigenvalue weighted by atomic mass is 35.5. The van der Waals surface area contributed by atoms with E-state index in [1.54, 1.807) is 24.4 Å². The van der Waals surface area contributed by atoms with E-state index in [-0.39, 0.29) is 11.6 Å². The lowest BCUT2D eigenvalue weighted by atomic mass is 10.3. The van der Waals surface area contributed by atoms with Gasteiger partial charge in [0.2, 0.25) is 5.88 Å². The fraction of sp³-hybridized carbons (Fsp3) is 0.267. The third-order valence-corrected chi connectivity index (χ3v) is 3.35. The van der Waals surface area contributed by atoms with Crippen LogP contribution in [0.15, 0.2) is 36.5 Å². The molecule has 3 nitrogen and oxygen atoms in total. The summed E-state index contributed by atoms with van der Waals surface area (Å²) in [4.78, 5) is 4.15. The first-order chi connectivity index (χ1) is 9.72. The van der Waals surface area contributed by atoms with Gasteiger partial charge in [0.25, 0.3) is 0 Å². The van der Waals surface area contributed by atoms with Gasteiger partial charge in [0.15, 0.2) is 11.6 Å². The molecule has 1 N–H and O–H groups in total. The van der Waals surface area contributed by atoms with Gasteiger partial charge in [-0.2, -0.15) is 0 Å². The van der Waals surface area contributed by atoms with E-state index in [1.165, 1.54) is 25.0 Å². The molecule has 0 spiro atoms. The summed E-state index contributed by atoms with van der Waals surface area (Å²) in [6.45, 7) is 0.733. The van der Waals surface area contributed by atoms with Gasteiger partial charge in [-0.1, -0.05) is 23.7 Å². The number of benzene rings is 1. The number of nitrogens with one attached hydrogen (secondary N) is 1. The van der Waals surface area contributed by atoms with E-state index < -0.39 is 5.82 Å². The van der Waals surface area contributed by atoms with Crippen molar-refractivity contribution in [3.63, 3.8) is 0 Å². The van der Waals surface area contributed by atoms with Crippen molar-refractivity contribution < 1.29 is 9.13 Å². The van der Waals surface area contributed by atoms with Gasteiger partial charge in [-0.15, -0.1) is 0 Å². The Morgan fingerprint density at radius 1 is 1.35 bits per heavy atom. The molecule has 0 aliphatic heterocycles. The van der Waals surface area contributed by atoms with E-state index in [1.807, 2.05) is 0 Å². The molecule has 0 atom stereocenters. The van der Waals surface area contributed by atoms with Crippen LogP contribution in [0.5, 0.6) is 11.6 Å². The first-order valence-corrected chi connectivity index (χ1v) is 6.90. The van der Waals surface area contributed by atoms with E-state index in [4.69, 9.17) is 16.3 Å². The number of hydrogen-bond acceptors (Lipinski definition) is 3. The number of hydrogen-bond donors (Lipinski definition) is 1. The fourth-order valence-corrected chi connectivity index (χ4v) is 2.05. The largest absolute Gasteiger partial charge is 0.434 e. The molecule has 0 amide bonds. The molecule has 20 heavy (non-hydrogen) atoms. The first-order valence-electron chi connectivity index (χ1n) is 6.52. The molecule has 1 aliphatic rings. The van der Waals surface area contributed by atoms with E-state index in [2.05, 4.69) is 10.3 Å². The molecule has 1 saturated carbocycles. The zero-order chi connectivity index (χ0) is 13.9. The molecule has 1 fully saturated rings. The maximum atomic E-state index is 13.5. The Bertz CT molecular complexity index is 617. The second kappa shape index (κ2) is 5.77. The number of rotatable bonds is 5. The smallest absolute Gasteiger partial charge is 0.238 e. The molecule has 0 bridgehead atoms. The van der Waals surface area contributed by atoms with Crippen LogP contribution < -0.4 is 10.1 Å². The SMILES string of the molecule is Fc1ccccc1Oc1ncc(CNC2CC2)cc1Cl. The van der Waals surface area contributed by atoms with Gasteiger partial charge in [0.1, 0.15) is 5.02 Å². The minimum atomic E-state index is -0.440. The number of ether oxygens (including phenoxy) is 1. The Hall–Kier alpha value is -1.65. The summed E-state index contributed by atoms with van der Waals surface area (Å²) in [5.41, 5.74) is 0.989. The second-order valence-electron chi connectivity index (χ2n) is 4.82. The van der Waals surface area contributed by atoms with Gasteiger partial charge >= 0.3 is 0 Å². The highest BCUT2D eigenvalue weighted by Crippen LogP contribution is 2.29. The average Bonchev–Trinajstić information content (AvgIpc) is 3.26. The monoisotopic (exact) mass is 292 g/mol. The first kappa shape index (κ1) is 13.3. The highest BCUT2D eigenvalue weighted by molar-refractivity contribution is 6.31. The Labute approximate surface area is 121 Å². The van der Waals surface area contributed by atoms with Gasteiger partial charge in [-0.05, 0) is 36.6 Å². The normalized spacial score (nSPS) is 14.3. The quantitative estimate of drug-likeness (QED) is 0.907. The van der Waals surface area contributed by atoms with Crippen LogP contribution in [0.3, 0.4) is 0 Å². The molecule has 2 aromatic rings. The van der Waals surface area contributed by atoms with E-state index in [9.17, 15) is 4.39 Å². The minimum absolute atomic E-state index is 0.116. The van der Waals surface area contributed by atoms with Crippen molar-refractivity contribution in [2.75, 3.05) is 0 Å². The molecule has 5 heteroatoms. The third-order valence-electron chi connectivity index (χ3n) is 3.08. The fourth-order valence-electron chi connectivity index (χ4n) is 1.82. The Morgan fingerprint density at radius 2 is 2.15 bits per heavy atom. The number of nitrogens with zero attached hydrogens (tertiary/aromatic N) is 1. The molecule has 1 aliphatic carbocycles. The number of para-hydroxylation sites is 1. The van der Waals surface area contributed by atoms with Crippen molar-refractivity contribution in [1.29, 1.82) is 0 Å². The van der Waals surface area contributed by atoms with Crippen LogP contribution in [-0.2, 0) is 6.54 Å². The van der Waals surface area contributed by atoms with Crippen molar-refractivity contribution in [3.05, 3.63) is 52.9 Å². The standard InChI is InChI=1S/C15H14ClFN2O/c16-12-7-10(8-18-11-5-6-11)9-19-15(12)20-14-4-2-1-3-13(14)17/h1-4,7,9,11,18H,5-6,8H2. The van der Waals surface area contributed by atoms with Crippen molar-refractivity contribution in [3.8, 4) is 11.6 Å². The van der Waals surface area contributed by atoms with Crippen molar-refractivity contribution in [2.24, 2.45) is 0 Å². The van der Waals surface area contributed by atoms with Crippen LogP contribution >= 0.6 is 11.6 Å². The summed E-state index contributed by atoms with van der Waals surface area (Å²) in [5, 5.41) is 3.76. The van der Waals surface area contributed by atoms with Crippen LogP contribution in [-0.4, -0.2) is 11.0 Å². The lowest BCUT2D eigenvalue weighted by Gasteiger charge is -2.09. The molecule has 104 valence electrons. The molecule has 1 aromatic heterocycles. The highest BCUT2D eigenvalue weighted by Gasteiger charge is 2.20. The number of halogens is 2. The lowest BCUT2D eigenvalue weighted by molar-refractivity contribution is 0.427. The Balaban J connectivity index is 1.71. The topological polar surface area (TPSA) is 34.1 Å². The van der Waals surface area contributed by atoms with E-state index >= 15 is 0 Å². The summed E-state index contributed by atoms with van der Waals surface area (Å²) in [7, 11) is 0. The third kappa shape index (κ3) is 3.26. The summed E-state index contributed by atoms with van der Waals surface area (Å²) in [6.07, 6.45) is 4.16. The summed E-state index contributed by atoms with van der Waals surface area (Å²) in [5.74, 6) is -0.109. The average molecular weight is 293 g/mol. The van der Waals surface area contributed by atoms with Crippen LogP contribution in [0.4, 0.5) is 4.39 Å². The second-order valence-corrected chi connectivity index (χ2v) is 5.23. The van der Waals surface area contributed by atoms with Crippen molar-refractivity contribution in [2.45, 2.75) is 25.4 Å². The van der Waals surface area contributed by atoms with E-state index in [0.717, 1.165) is 12.1 Å². The number of aromatic nitrogens is 1.